The highest BCUT2D eigenvalue weighted by Crippen LogP contribution is 2.76. The number of hydrogen-bond donors (Lipinski definition) is 3. The number of carboxylic acid groups (broad SMARTS) is 1. The van der Waals surface area contributed by atoms with Crippen LogP contribution in [0.5, 0.6) is 0 Å². The van der Waals surface area contributed by atoms with Gasteiger partial charge in [0.1, 0.15) is 12.2 Å². The minimum Gasteiger partial charge on any atom is -0.481 e. The Morgan fingerprint density at radius 1 is 0.905 bits per heavy atom. The molecule has 4 saturated carbocycles. The number of aliphatic carboxylic acids is 1. The van der Waals surface area contributed by atoms with Crippen LogP contribution in [0.1, 0.15) is 107 Å². The average Bonchev–Trinajstić information content (AvgIpc) is 2.84. The Hall–Kier alpha value is -1.93. The van der Waals surface area contributed by atoms with E-state index in [1.54, 1.807) is 6.92 Å². The molecule has 4 fully saturated rings. The van der Waals surface area contributed by atoms with Crippen molar-refractivity contribution in [3.05, 3.63) is 11.6 Å². The van der Waals surface area contributed by atoms with Crippen molar-refractivity contribution in [2.24, 2.45) is 50.7 Å². The second-order valence-corrected chi connectivity index (χ2v) is 16.2. The first-order valence-corrected chi connectivity index (χ1v) is 15.9. The largest absolute Gasteiger partial charge is 0.481 e. The fourth-order valence-corrected chi connectivity index (χ4v) is 11.6. The molecule has 8 heteroatoms. The van der Waals surface area contributed by atoms with Crippen molar-refractivity contribution < 1.29 is 39.2 Å². The minimum absolute atomic E-state index is 0.0704. The molecule has 42 heavy (non-hydrogen) atoms. The number of esters is 2. The van der Waals surface area contributed by atoms with Crippen LogP contribution >= 0.6 is 0 Å². The van der Waals surface area contributed by atoms with Crippen LogP contribution in [-0.4, -0.2) is 57.1 Å². The molecule has 5 aliphatic carbocycles. The van der Waals surface area contributed by atoms with Gasteiger partial charge >= 0.3 is 17.9 Å². The van der Waals surface area contributed by atoms with Crippen LogP contribution in [0.25, 0.3) is 0 Å². The highest BCUT2D eigenvalue weighted by atomic mass is 16.6. The van der Waals surface area contributed by atoms with Crippen LogP contribution in [0.15, 0.2) is 11.6 Å². The molecule has 0 bridgehead atoms. The molecule has 5 rings (SSSR count). The summed E-state index contributed by atoms with van der Waals surface area (Å²) in [6, 6.07) is 0. The molecule has 236 valence electrons. The normalized spacial score (nSPS) is 51.0. The van der Waals surface area contributed by atoms with Crippen molar-refractivity contribution in [3.63, 3.8) is 0 Å². The quantitative estimate of drug-likeness (QED) is 0.300. The summed E-state index contributed by atoms with van der Waals surface area (Å²) in [7, 11) is 0. The number of ether oxygens (including phenoxy) is 2. The molecule has 0 heterocycles. The van der Waals surface area contributed by atoms with E-state index in [-0.39, 0.29) is 17.8 Å². The van der Waals surface area contributed by atoms with Crippen molar-refractivity contribution in [2.75, 3.05) is 0 Å². The molecule has 0 aliphatic heterocycles. The predicted octanol–water partition coefficient (Wildman–Crippen LogP) is 5.29. The van der Waals surface area contributed by atoms with Gasteiger partial charge in [-0.3, -0.25) is 14.4 Å². The van der Waals surface area contributed by atoms with Gasteiger partial charge in [-0.15, -0.1) is 0 Å². The summed E-state index contributed by atoms with van der Waals surface area (Å²) in [6.45, 7) is 17.4. The molecule has 3 N–H and O–H groups in total. The zero-order chi connectivity index (χ0) is 31.4. The molecule has 0 aromatic carbocycles. The zero-order valence-corrected chi connectivity index (χ0v) is 27.0. The van der Waals surface area contributed by atoms with Crippen LogP contribution in [0.3, 0.4) is 0 Å². The molecule has 8 nitrogen and oxygen atoms in total. The van der Waals surface area contributed by atoms with Crippen LogP contribution in [0.2, 0.25) is 0 Å². The lowest BCUT2D eigenvalue weighted by Gasteiger charge is -2.72. The standard InChI is InChI=1S/C34H52O8/c1-18-10-13-34(28(38)39)15-14-31(7)21(25(34)33(18,9)40)16-22(41-19(2)35)26-30(6)17-23(42-20(3)36)27(37)29(4,5)24(30)11-12-32(26,31)8/h16,18,22-27,37,40H,10-15,17H2,1-9H3,(H,38,39)/t18-,22-,23-,24+,25-,26-,27+,30+,31-,32-,33-,34+/m1/s1. The summed E-state index contributed by atoms with van der Waals surface area (Å²) >= 11 is 0. The van der Waals surface area contributed by atoms with E-state index in [0.717, 1.165) is 18.4 Å². The highest BCUT2D eigenvalue weighted by molar-refractivity contribution is 5.77. The van der Waals surface area contributed by atoms with E-state index in [1.807, 2.05) is 26.8 Å². The van der Waals surface area contributed by atoms with Crippen LogP contribution < -0.4 is 0 Å². The van der Waals surface area contributed by atoms with Gasteiger partial charge in [-0.05, 0) is 91.4 Å². The maximum Gasteiger partial charge on any atom is 0.310 e. The summed E-state index contributed by atoms with van der Waals surface area (Å²) < 4.78 is 12.0. The highest BCUT2D eigenvalue weighted by Gasteiger charge is 2.74. The summed E-state index contributed by atoms with van der Waals surface area (Å²) in [6.07, 6.45) is 4.22. The number of carbonyl (C=O) groups is 3. The fraction of sp³-hybridized carbons (Fsp3) is 0.853. The van der Waals surface area contributed by atoms with E-state index in [9.17, 15) is 29.7 Å². The average molecular weight is 589 g/mol. The molecular formula is C34H52O8. The molecule has 0 unspecified atom stereocenters. The number of aliphatic hydroxyl groups is 2. The first-order chi connectivity index (χ1) is 19.2. The van der Waals surface area contributed by atoms with Gasteiger partial charge in [0, 0.05) is 25.7 Å². The molecule has 0 aromatic rings. The smallest absolute Gasteiger partial charge is 0.310 e. The van der Waals surface area contributed by atoms with Crippen LogP contribution in [0.4, 0.5) is 0 Å². The second-order valence-electron chi connectivity index (χ2n) is 16.2. The number of aliphatic hydroxyl groups excluding tert-OH is 1. The van der Waals surface area contributed by atoms with E-state index >= 15 is 0 Å². The SMILES string of the molecule is CC(=O)O[C@@H]1C=C2[C@H]3[C@](C(=O)O)(CC[C@@H](C)[C@@]3(C)O)CC[C@@]2(C)[C@]2(C)CC[C@H]3C(C)(C)[C@@H](O)[C@H](OC(C)=O)C[C@]3(C)[C@@H]12. The Morgan fingerprint density at radius 2 is 1.52 bits per heavy atom. The lowest BCUT2D eigenvalue weighted by atomic mass is 9.32. The van der Waals surface area contributed by atoms with Gasteiger partial charge in [-0.1, -0.05) is 47.1 Å². The number of fused-ring (bicyclic) bond motifs is 7. The lowest BCUT2D eigenvalue weighted by molar-refractivity contribution is -0.257. The first-order valence-electron chi connectivity index (χ1n) is 15.9. The molecule has 0 aromatic heterocycles. The Kier molecular flexibility index (Phi) is 7.15. The maximum absolute atomic E-state index is 13.1. The molecule has 5 aliphatic rings. The fourth-order valence-electron chi connectivity index (χ4n) is 11.6. The zero-order valence-electron chi connectivity index (χ0n) is 27.0. The van der Waals surface area contributed by atoms with Gasteiger partial charge in [0.05, 0.1) is 17.1 Å². The third kappa shape index (κ3) is 3.95. The van der Waals surface area contributed by atoms with Gasteiger partial charge in [-0.25, -0.2) is 0 Å². The summed E-state index contributed by atoms with van der Waals surface area (Å²) in [5.41, 5.74) is -3.30. The van der Waals surface area contributed by atoms with Gasteiger partial charge < -0.3 is 24.8 Å². The van der Waals surface area contributed by atoms with Crippen molar-refractivity contribution in [3.8, 4) is 0 Å². The van der Waals surface area contributed by atoms with E-state index in [4.69, 9.17) is 9.47 Å². The Balaban J connectivity index is 1.74. The molecular weight excluding hydrogens is 536 g/mol. The topological polar surface area (TPSA) is 130 Å². The minimum atomic E-state index is -1.24. The lowest BCUT2D eigenvalue weighted by Crippen LogP contribution is -2.71. The van der Waals surface area contributed by atoms with Crippen molar-refractivity contribution in [1.29, 1.82) is 0 Å². The number of hydrogen-bond acceptors (Lipinski definition) is 7. The summed E-state index contributed by atoms with van der Waals surface area (Å²) in [5.74, 6) is -2.50. The van der Waals surface area contributed by atoms with Crippen molar-refractivity contribution >= 4 is 17.9 Å². The predicted molar refractivity (Wildman–Crippen MR) is 156 cm³/mol. The second kappa shape index (κ2) is 9.53. The van der Waals surface area contributed by atoms with E-state index < -0.39 is 74.8 Å². The van der Waals surface area contributed by atoms with Gasteiger partial charge in [0.2, 0.25) is 0 Å². The van der Waals surface area contributed by atoms with Crippen LogP contribution in [0, 0.1) is 50.7 Å². The van der Waals surface area contributed by atoms with E-state index in [0.29, 0.717) is 32.1 Å². The number of carbonyl (C=O) groups excluding carboxylic acids is 2. The van der Waals surface area contributed by atoms with Gasteiger partial charge in [0.15, 0.2) is 0 Å². The molecule has 0 saturated heterocycles. The van der Waals surface area contributed by atoms with Crippen molar-refractivity contribution in [1.82, 2.24) is 0 Å². The third-order valence-electron chi connectivity index (χ3n) is 14.0. The van der Waals surface area contributed by atoms with Gasteiger partial charge in [-0.2, -0.15) is 0 Å². The molecule has 0 radical (unpaired) electrons. The first kappa shape index (κ1) is 31.5. The molecule has 0 amide bonds. The number of carboxylic acids is 1. The van der Waals surface area contributed by atoms with E-state index in [2.05, 4.69) is 20.8 Å². The molecule has 0 spiro atoms. The Morgan fingerprint density at radius 3 is 2.10 bits per heavy atom. The summed E-state index contributed by atoms with van der Waals surface area (Å²) in [5, 5.41) is 34.3. The maximum atomic E-state index is 13.1. The monoisotopic (exact) mass is 588 g/mol. The Bertz CT molecular complexity index is 1200. The number of rotatable bonds is 3. The van der Waals surface area contributed by atoms with Gasteiger partial charge in [0.25, 0.3) is 0 Å². The van der Waals surface area contributed by atoms with Crippen LogP contribution in [-0.2, 0) is 23.9 Å². The summed E-state index contributed by atoms with van der Waals surface area (Å²) in [4.78, 5) is 37.9. The van der Waals surface area contributed by atoms with E-state index in [1.165, 1.54) is 13.8 Å². The van der Waals surface area contributed by atoms with Crippen molar-refractivity contribution in [2.45, 2.75) is 131 Å². The molecule has 12 atom stereocenters. The Labute approximate surface area is 250 Å². The third-order valence-corrected chi connectivity index (χ3v) is 14.0.